The van der Waals surface area contributed by atoms with Gasteiger partial charge in [-0.15, -0.1) is 0 Å². The quantitative estimate of drug-likeness (QED) is 0.665. The Morgan fingerprint density at radius 3 is 2.30 bits per heavy atom. The average molecular weight is 326 g/mol. The van der Waals surface area contributed by atoms with Gasteiger partial charge in [0.25, 0.3) is 5.24 Å². The van der Waals surface area contributed by atoms with E-state index in [2.05, 4.69) is 0 Å². The molecule has 0 aromatic heterocycles. The number of thioether (sulfide) groups is 1. The van der Waals surface area contributed by atoms with E-state index in [-0.39, 0.29) is 5.24 Å². The Labute approximate surface area is 132 Å². The molecule has 2 aromatic carbocycles. The maximum Gasteiger partial charge on any atom is 0.290 e. The van der Waals surface area contributed by atoms with Crippen molar-refractivity contribution in [1.29, 1.82) is 0 Å². The van der Waals surface area contributed by atoms with Gasteiger partial charge in [0.1, 0.15) is 0 Å². The van der Waals surface area contributed by atoms with Crippen molar-refractivity contribution in [3.8, 4) is 0 Å². The molecule has 0 aliphatic rings. The van der Waals surface area contributed by atoms with Gasteiger partial charge in [0, 0.05) is 17.6 Å². The summed E-state index contributed by atoms with van der Waals surface area (Å²) in [5.41, 5.74) is 1.88. The number of carbonyl (C=O) groups excluding carboxylic acids is 1. The molecule has 0 unspecified atom stereocenters. The maximum absolute atomic E-state index is 12.2. The third kappa shape index (κ3) is 3.69. The molecular formula is C15H13Cl2NOS. The van der Waals surface area contributed by atoms with Crippen molar-refractivity contribution in [2.24, 2.45) is 0 Å². The molecule has 0 saturated heterocycles. The molecular weight excluding hydrogens is 313 g/mol. The van der Waals surface area contributed by atoms with Crippen molar-refractivity contribution in [3.05, 3.63) is 58.1 Å². The van der Waals surface area contributed by atoms with E-state index in [0.29, 0.717) is 15.7 Å². The molecule has 0 radical (unpaired) electrons. The smallest absolute Gasteiger partial charge is 0.290 e. The van der Waals surface area contributed by atoms with Crippen LogP contribution in [0.2, 0.25) is 10.0 Å². The fourth-order valence-electron chi connectivity index (χ4n) is 1.57. The monoisotopic (exact) mass is 325 g/mol. The van der Waals surface area contributed by atoms with Crippen LogP contribution in [-0.4, -0.2) is 12.3 Å². The van der Waals surface area contributed by atoms with Crippen LogP contribution in [0.1, 0.15) is 5.56 Å². The number of carbonyl (C=O) groups is 1. The van der Waals surface area contributed by atoms with Crippen LogP contribution in [0.25, 0.3) is 0 Å². The second-order valence-corrected chi connectivity index (χ2v) is 6.18. The minimum atomic E-state index is -0.0766. The summed E-state index contributed by atoms with van der Waals surface area (Å²) in [6.07, 6.45) is 0. The zero-order valence-corrected chi connectivity index (χ0v) is 13.4. The lowest BCUT2D eigenvalue weighted by atomic mass is 10.2. The van der Waals surface area contributed by atoms with E-state index in [1.54, 1.807) is 30.1 Å². The Hall–Kier alpha value is -1.16. The lowest BCUT2D eigenvalue weighted by Crippen LogP contribution is -2.21. The zero-order valence-electron chi connectivity index (χ0n) is 11.1. The first-order valence-electron chi connectivity index (χ1n) is 5.94. The zero-order chi connectivity index (χ0) is 14.7. The van der Waals surface area contributed by atoms with Crippen molar-refractivity contribution in [2.75, 3.05) is 11.9 Å². The number of nitrogens with zero attached hydrogens (tertiary/aromatic N) is 1. The molecule has 0 fully saturated rings. The number of benzene rings is 2. The SMILES string of the molecule is Cc1ccc(SC(=O)N(C)c2ccc(Cl)c(Cl)c2)cc1. The molecule has 2 rings (SSSR count). The minimum Gasteiger partial charge on any atom is -0.306 e. The van der Waals surface area contributed by atoms with Crippen molar-refractivity contribution in [3.63, 3.8) is 0 Å². The van der Waals surface area contributed by atoms with Crippen LogP contribution in [-0.2, 0) is 0 Å². The summed E-state index contributed by atoms with van der Waals surface area (Å²) in [6, 6.07) is 12.9. The molecule has 0 N–H and O–H groups in total. The van der Waals surface area contributed by atoms with E-state index in [9.17, 15) is 4.79 Å². The molecule has 0 atom stereocenters. The summed E-state index contributed by atoms with van der Waals surface area (Å²) < 4.78 is 0. The third-order valence-corrected chi connectivity index (χ3v) is 4.49. The molecule has 0 heterocycles. The van der Waals surface area contributed by atoms with Gasteiger partial charge >= 0.3 is 0 Å². The first-order valence-corrected chi connectivity index (χ1v) is 7.52. The first-order chi connectivity index (χ1) is 9.47. The van der Waals surface area contributed by atoms with Crippen molar-refractivity contribution in [1.82, 2.24) is 0 Å². The van der Waals surface area contributed by atoms with E-state index < -0.39 is 0 Å². The van der Waals surface area contributed by atoms with Crippen LogP contribution in [0.15, 0.2) is 47.4 Å². The average Bonchev–Trinajstić information content (AvgIpc) is 2.43. The highest BCUT2D eigenvalue weighted by molar-refractivity contribution is 8.13. The lowest BCUT2D eigenvalue weighted by molar-refractivity contribution is 0.266. The molecule has 0 bridgehead atoms. The normalized spacial score (nSPS) is 10.4. The number of hydrogen-bond donors (Lipinski definition) is 0. The molecule has 0 saturated carbocycles. The topological polar surface area (TPSA) is 20.3 Å². The van der Waals surface area contributed by atoms with Crippen LogP contribution in [0.5, 0.6) is 0 Å². The standard InChI is InChI=1S/C15H13Cl2NOS/c1-10-3-6-12(7-4-10)20-15(19)18(2)11-5-8-13(16)14(17)9-11/h3-9H,1-2H3. The van der Waals surface area contributed by atoms with Crippen LogP contribution in [0, 0.1) is 6.92 Å². The highest BCUT2D eigenvalue weighted by atomic mass is 35.5. The fraction of sp³-hybridized carbons (Fsp3) is 0.133. The summed E-state index contributed by atoms with van der Waals surface area (Å²) in [5, 5.41) is 0.832. The van der Waals surface area contributed by atoms with Gasteiger partial charge in [-0.1, -0.05) is 40.9 Å². The summed E-state index contributed by atoms with van der Waals surface area (Å²) in [6.45, 7) is 2.01. The predicted octanol–water partition coefficient (Wildman–Crippen LogP) is 5.65. The number of halogens is 2. The summed E-state index contributed by atoms with van der Waals surface area (Å²) in [4.78, 5) is 14.7. The summed E-state index contributed by atoms with van der Waals surface area (Å²) in [5.74, 6) is 0. The summed E-state index contributed by atoms with van der Waals surface area (Å²) >= 11 is 13.0. The highest BCUT2D eigenvalue weighted by Gasteiger charge is 2.13. The minimum absolute atomic E-state index is 0.0766. The first kappa shape index (κ1) is 15.2. The van der Waals surface area contributed by atoms with Gasteiger partial charge in [0.2, 0.25) is 0 Å². The molecule has 5 heteroatoms. The third-order valence-electron chi connectivity index (χ3n) is 2.79. The number of hydrogen-bond acceptors (Lipinski definition) is 2. The number of anilines is 1. The fourth-order valence-corrected chi connectivity index (χ4v) is 2.58. The second-order valence-electron chi connectivity index (χ2n) is 4.34. The van der Waals surface area contributed by atoms with Crippen LogP contribution in [0.4, 0.5) is 10.5 Å². The number of aryl methyl sites for hydroxylation is 1. The van der Waals surface area contributed by atoms with Gasteiger partial charge in [0.15, 0.2) is 0 Å². The van der Waals surface area contributed by atoms with E-state index in [4.69, 9.17) is 23.2 Å². The number of amides is 1. The van der Waals surface area contributed by atoms with Gasteiger partial charge < -0.3 is 4.90 Å². The van der Waals surface area contributed by atoms with E-state index >= 15 is 0 Å². The van der Waals surface area contributed by atoms with Gasteiger partial charge in [-0.25, -0.2) is 0 Å². The molecule has 2 aromatic rings. The lowest BCUT2D eigenvalue weighted by Gasteiger charge is -2.17. The Kier molecular flexibility index (Phi) is 4.97. The Morgan fingerprint density at radius 1 is 1.05 bits per heavy atom. The van der Waals surface area contributed by atoms with E-state index in [0.717, 1.165) is 4.90 Å². The second kappa shape index (κ2) is 6.53. The van der Waals surface area contributed by atoms with Crippen LogP contribution < -0.4 is 4.90 Å². The van der Waals surface area contributed by atoms with Gasteiger partial charge in [-0.2, -0.15) is 0 Å². The molecule has 0 aliphatic heterocycles. The molecule has 2 nitrogen and oxygen atoms in total. The number of rotatable bonds is 2. The Bertz CT molecular complexity index is 628. The maximum atomic E-state index is 12.2. The van der Waals surface area contributed by atoms with Gasteiger partial charge in [0.05, 0.1) is 10.0 Å². The highest BCUT2D eigenvalue weighted by Crippen LogP contribution is 2.29. The Morgan fingerprint density at radius 2 is 1.70 bits per heavy atom. The van der Waals surface area contributed by atoms with Crippen LogP contribution >= 0.6 is 35.0 Å². The molecule has 0 spiro atoms. The van der Waals surface area contributed by atoms with E-state index in [1.165, 1.54) is 17.3 Å². The molecule has 20 heavy (non-hydrogen) atoms. The van der Waals surface area contributed by atoms with Crippen molar-refractivity contribution in [2.45, 2.75) is 11.8 Å². The predicted molar refractivity (Wildman–Crippen MR) is 87.3 cm³/mol. The van der Waals surface area contributed by atoms with Gasteiger partial charge in [-0.05, 0) is 49.0 Å². The molecule has 104 valence electrons. The molecule has 0 aliphatic carbocycles. The molecule has 1 amide bonds. The van der Waals surface area contributed by atoms with Crippen molar-refractivity contribution >= 4 is 45.9 Å². The summed E-state index contributed by atoms with van der Waals surface area (Å²) in [7, 11) is 1.71. The van der Waals surface area contributed by atoms with E-state index in [1.807, 2.05) is 31.2 Å². The largest absolute Gasteiger partial charge is 0.306 e. The van der Waals surface area contributed by atoms with Crippen LogP contribution in [0.3, 0.4) is 0 Å². The Balaban J connectivity index is 2.11. The van der Waals surface area contributed by atoms with Gasteiger partial charge in [-0.3, -0.25) is 4.79 Å². The van der Waals surface area contributed by atoms with Crippen molar-refractivity contribution < 1.29 is 4.79 Å².